The molecule has 0 radical (unpaired) electrons. The third-order valence-corrected chi connectivity index (χ3v) is 3.11. The van der Waals surface area contributed by atoms with Crippen LogP contribution in [-0.2, 0) is 18.6 Å². The Morgan fingerprint density at radius 3 is 2.25 bits per heavy atom. The van der Waals surface area contributed by atoms with Crippen LogP contribution in [-0.4, -0.2) is 26.2 Å². The molecule has 0 saturated heterocycles. The molecule has 0 bridgehead atoms. The van der Waals surface area contributed by atoms with Crippen molar-refractivity contribution < 1.29 is 17.9 Å². The van der Waals surface area contributed by atoms with Crippen LogP contribution in [0.1, 0.15) is 20.3 Å². The second-order valence-electron chi connectivity index (χ2n) is 2.12. The van der Waals surface area contributed by atoms with E-state index in [9.17, 15) is 13.2 Å². The predicted octanol–water partition coefficient (Wildman–Crippen LogP) is 0.897. The summed E-state index contributed by atoms with van der Waals surface area (Å²) in [6.45, 7) is 3.31. The molecule has 12 heavy (non-hydrogen) atoms. The zero-order valence-corrected chi connectivity index (χ0v) is 8.48. The van der Waals surface area contributed by atoms with E-state index in [2.05, 4.69) is 4.74 Å². The third kappa shape index (κ3) is 3.40. The fraction of sp³-hybridized carbons (Fsp3) is 0.833. The van der Waals surface area contributed by atoms with Crippen LogP contribution in [0, 0.1) is 0 Å². The van der Waals surface area contributed by atoms with Gasteiger partial charge >= 0.3 is 5.97 Å². The first-order valence-electron chi connectivity index (χ1n) is 3.53. The van der Waals surface area contributed by atoms with Crippen molar-refractivity contribution in [3.05, 3.63) is 0 Å². The van der Waals surface area contributed by atoms with Crippen molar-refractivity contribution in [2.75, 3.05) is 6.61 Å². The van der Waals surface area contributed by atoms with Gasteiger partial charge in [-0.3, -0.25) is 4.79 Å². The quantitative estimate of drug-likeness (QED) is 0.515. The Morgan fingerprint density at radius 1 is 1.50 bits per heavy atom. The monoisotopic (exact) mass is 214 g/mol. The number of hydrogen-bond acceptors (Lipinski definition) is 4. The van der Waals surface area contributed by atoms with Crippen LogP contribution >= 0.6 is 10.7 Å². The van der Waals surface area contributed by atoms with Crippen molar-refractivity contribution in [2.45, 2.75) is 25.5 Å². The second kappa shape index (κ2) is 4.67. The summed E-state index contributed by atoms with van der Waals surface area (Å²) >= 11 is 0. The molecule has 0 aliphatic carbocycles. The van der Waals surface area contributed by atoms with Gasteiger partial charge in [0.15, 0.2) is 5.25 Å². The minimum Gasteiger partial charge on any atom is -0.465 e. The Hall–Kier alpha value is -0.290. The Balaban J connectivity index is 4.47. The molecule has 72 valence electrons. The van der Waals surface area contributed by atoms with Crippen molar-refractivity contribution in [1.82, 2.24) is 0 Å². The van der Waals surface area contributed by atoms with Crippen molar-refractivity contribution in [3.63, 3.8) is 0 Å². The number of carbonyl (C=O) groups excluding carboxylic acids is 1. The van der Waals surface area contributed by atoms with Gasteiger partial charge in [-0.1, -0.05) is 6.92 Å². The number of rotatable bonds is 4. The lowest BCUT2D eigenvalue weighted by molar-refractivity contribution is -0.142. The third-order valence-electron chi connectivity index (χ3n) is 1.26. The number of esters is 1. The summed E-state index contributed by atoms with van der Waals surface area (Å²) in [6.07, 6.45) is 0.130. The molecule has 6 heteroatoms. The summed E-state index contributed by atoms with van der Waals surface area (Å²) in [4.78, 5) is 10.9. The van der Waals surface area contributed by atoms with Gasteiger partial charge in [-0.25, -0.2) is 8.42 Å². The average Bonchev–Trinajstić information content (AvgIpc) is 1.85. The van der Waals surface area contributed by atoms with Crippen LogP contribution in [0.5, 0.6) is 0 Å². The predicted molar refractivity (Wildman–Crippen MR) is 45.5 cm³/mol. The standard InChI is InChI=1S/C6H11ClO4S/c1-3-5(12(7,9)10)6(8)11-4-2/h5H,3-4H2,1-2H3. The van der Waals surface area contributed by atoms with Gasteiger partial charge in [0, 0.05) is 10.7 Å². The maximum atomic E-state index is 10.9. The van der Waals surface area contributed by atoms with Crippen LogP contribution in [0.25, 0.3) is 0 Å². The van der Waals surface area contributed by atoms with Crippen molar-refractivity contribution >= 4 is 25.7 Å². The minimum absolute atomic E-state index is 0.130. The number of ether oxygens (including phenoxy) is 1. The van der Waals surface area contributed by atoms with Gasteiger partial charge in [-0.15, -0.1) is 0 Å². The molecule has 1 unspecified atom stereocenters. The lowest BCUT2D eigenvalue weighted by Gasteiger charge is -2.08. The lowest BCUT2D eigenvalue weighted by Crippen LogP contribution is -2.28. The van der Waals surface area contributed by atoms with E-state index >= 15 is 0 Å². The smallest absolute Gasteiger partial charge is 0.325 e. The molecule has 0 spiro atoms. The van der Waals surface area contributed by atoms with Crippen LogP contribution in [0.2, 0.25) is 0 Å². The number of carbonyl (C=O) groups is 1. The first-order valence-corrected chi connectivity index (χ1v) is 5.90. The zero-order chi connectivity index (χ0) is 9.78. The Bertz CT molecular complexity index is 246. The summed E-state index contributed by atoms with van der Waals surface area (Å²) in [5.74, 6) is -0.782. The fourth-order valence-corrected chi connectivity index (χ4v) is 2.01. The van der Waals surface area contributed by atoms with E-state index in [1.807, 2.05) is 0 Å². The van der Waals surface area contributed by atoms with Gasteiger partial charge in [0.2, 0.25) is 9.05 Å². The van der Waals surface area contributed by atoms with Crippen LogP contribution in [0.3, 0.4) is 0 Å². The molecule has 1 atom stereocenters. The van der Waals surface area contributed by atoms with E-state index in [0.717, 1.165) is 0 Å². The molecule has 0 rings (SSSR count). The molecular formula is C6H11ClO4S. The van der Waals surface area contributed by atoms with Gasteiger partial charge in [-0.2, -0.15) is 0 Å². The Morgan fingerprint density at radius 2 is 2.00 bits per heavy atom. The normalized spacial score (nSPS) is 13.9. The molecule has 0 amide bonds. The van der Waals surface area contributed by atoms with E-state index in [1.165, 1.54) is 0 Å². The van der Waals surface area contributed by atoms with Gasteiger partial charge in [-0.05, 0) is 13.3 Å². The highest BCUT2D eigenvalue weighted by Crippen LogP contribution is 2.12. The molecule has 0 N–H and O–H groups in total. The van der Waals surface area contributed by atoms with Gasteiger partial charge < -0.3 is 4.74 Å². The lowest BCUT2D eigenvalue weighted by atomic mass is 10.3. The average molecular weight is 215 g/mol. The van der Waals surface area contributed by atoms with E-state index in [4.69, 9.17) is 10.7 Å². The molecular weight excluding hydrogens is 204 g/mol. The van der Waals surface area contributed by atoms with Gasteiger partial charge in [0.1, 0.15) is 0 Å². The molecule has 0 aromatic carbocycles. The number of halogens is 1. The van der Waals surface area contributed by atoms with Gasteiger partial charge in [0.05, 0.1) is 6.61 Å². The zero-order valence-electron chi connectivity index (χ0n) is 6.91. The van der Waals surface area contributed by atoms with E-state index in [1.54, 1.807) is 13.8 Å². The largest absolute Gasteiger partial charge is 0.465 e. The minimum atomic E-state index is -3.84. The first kappa shape index (κ1) is 11.7. The van der Waals surface area contributed by atoms with Crippen molar-refractivity contribution in [3.8, 4) is 0 Å². The highest BCUT2D eigenvalue weighted by atomic mass is 35.7. The van der Waals surface area contributed by atoms with E-state index in [0.29, 0.717) is 0 Å². The van der Waals surface area contributed by atoms with Crippen LogP contribution < -0.4 is 0 Å². The maximum absolute atomic E-state index is 10.9. The topological polar surface area (TPSA) is 60.4 Å². The molecule has 0 aliphatic heterocycles. The fourth-order valence-electron chi connectivity index (χ4n) is 0.716. The highest BCUT2D eigenvalue weighted by molar-refractivity contribution is 8.14. The summed E-state index contributed by atoms with van der Waals surface area (Å²) < 4.78 is 26.0. The SMILES string of the molecule is CCOC(=O)C(CC)S(=O)(=O)Cl. The van der Waals surface area contributed by atoms with E-state index < -0.39 is 20.3 Å². The second-order valence-corrected chi connectivity index (χ2v) is 4.94. The summed E-state index contributed by atoms with van der Waals surface area (Å²) in [6, 6.07) is 0. The Kier molecular flexibility index (Phi) is 4.55. The van der Waals surface area contributed by atoms with Crippen LogP contribution in [0.4, 0.5) is 0 Å². The van der Waals surface area contributed by atoms with Crippen molar-refractivity contribution in [1.29, 1.82) is 0 Å². The highest BCUT2D eigenvalue weighted by Gasteiger charge is 2.30. The summed E-state index contributed by atoms with van der Waals surface area (Å²) in [5, 5.41) is -1.24. The molecule has 0 aromatic heterocycles. The molecule has 0 aliphatic rings. The molecule has 4 nitrogen and oxygen atoms in total. The summed E-state index contributed by atoms with van der Waals surface area (Å²) in [5.41, 5.74) is 0. The molecule has 0 fully saturated rings. The number of hydrogen-bond donors (Lipinski definition) is 0. The van der Waals surface area contributed by atoms with E-state index in [-0.39, 0.29) is 13.0 Å². The maximum Gasteiger partial charge on any atom is 0.325 e. The van der Waals surface area contributed by atoms with Gasteiger partial charge in [0.25, 0.3) is 0 Å². The molecule has 0 aromatic rings. The first-order chi connectivity index (χ1) is 5.43. The molecule has 0 saturated carbocycles. The van der Waals surface area contributed by atoms with Crippen molar-refractivity contribution in [2.24, 2.45) is 0 Å². The molecule has 0 heterocycles. The Labute approximate surface area is 76.3 Å². The van der Waals surface area contributed by atoms with Crippen LogP contribution in [0.15, 0.2) is 0 Å². The summed E-state index contributed by atoms with van der Waals surface area (Å²) in [7, 11) is 1.16.